The smallest absolute Gasteiger partial charge is 0.169 e. The van der Waals surface area contributed by atoms with Crippen molar-refractivity contribution in [3.63, 3.8) is 0 Å². The Morgan fingerprint density at radius 2 is 1.93 bits per heavy atom. The summed E-state index contributed by atoms with van der Waals surface area (Å²) in [5, 5.41) is 0. The van der Waals surface area contributed by atoms with E-state index < -0.39 is 0 Å². The van der Waals surface area contributed by atoms with Crippen LogP contribution in [0.1, 0.15) is 59.3 Å². The maximum absolute atomic E-state index is 6.22. The quantitative estimate of drug-likeness (QED) is 0.662. The summed E-state index contributed by atoms with van der Waals surface area (Å²) in [6.07, 6.45) is 7.79. The van der Waals surface area contributed by atoms with Gasteiger partial charge in [-0.05, 0) is 38.5 Å². The molecule has 15 heavy (non-hydrogen) atoms. The largest absolute Gasteiger partial charge is 0.347 e. The van der Waals surface area contributed by atoms with Crippen LogP contribution < -0.4 is 0 Å². The van der Waals surface area contributed by atoms with Gasteiger partial charge in [-0.15, -0.1) is 0 Å². The lowest BCUT2D eigenvalue weighted by molar-refractivity contribution is -0.320. The summed E-state index contributed by atoms with van der Waals surface area (Å²) in [6, 6.07) is 0. The van der Waals surface area contributed by atoms with Gasteiger partial charge in [-0.1, -0.05) is 13.8 Å². The number of ether oxygens (including phenoxy) is 2. The third-order valence-electron chi connectivity index (χ3n) is 3.97. The molecule has 0 aliphatic carbocycles. The van der Waals surface area contributed by atoms with Crippen molar-refractivity contribution in [1.82, 2.24) is 0 Å². The van der Waals surface area contributed by atoms with Crippen LogP contribution in [0.15, 0.2) is 0 Å². The van der Waals surface area contributed by atoms with Crippen molar-refractivity contribution in [2.75, 3.05) is 0 Å². The maximum Gasteiger partial charge on any atom is 0.169 e. The Kier molecular flexibility index (Phi) is 3.36. The van der Waals surface area contributed by atoms with Gasteiger partial charge in [0.1, 0.15) is 0 Å². The number of rotatable bonds is 1. The monoisotopic (exact) mass is 212 g/mol. The molecule has 2 fully saturated rings. The van der Waals surface area contributed by atoms with E-state index in [1.165, 1.54) is 19.3 Å². The summed E-state index contributed by atoms with van der Waals surface area (Å²) in [5.74, 6) is 0.478. The van der Waals surface area contributed by atoms with Gasteiger partial charge in [-0.25, -0.2) is 0 Å². The molecule has 0 aromatic rings. The van der Waals surface area contributed by atoms with Crippen LogP contribution in [0.3, 0.4) is 0 Å². The van der Waals surface area contributed by atoms with E-state index in [0.29, 0.717) is 18.1 Å². The van der Waals surface area contributed by atoms with Gasteiger partial charge >= 0.3 is 0 Å². The molecule has 2 aliphatic rings. The summed E-state index contributed by atoms with van der Waals surface area (Å²) < 4.78 is 12.3. The molecule has 2 nitrogen and oxygen atoms in total. The highest BCUT2D eigenvalue weighted by atomic mass is 16.7. The Morgan fingerprint density at radius 3 is 2.60 bits per heavy atom. The van der Waals surface area contributed by atoms with Crippen LogP contribution in [0.2, 0.25) is 0 Å². The average Bonchev–Trinajstić information content (AvgIpc) is 2.22. The Morgan fingerprint density at radius 1 is 1.13 bits per heavy atom. The first-order valence-electron chi connectivity index (χ1n) is 6.51. The Hall–Kier alpha value is -0.0800. The van der Waals surface area contributed by atoms with Gasteiger partial charge in [0, 0.05) is 12.8 Å². The summed E-state index contributed by atoms with van der Waals surface area (Å²) in [5.41, 5.74) is 0. The summed E-state index contributed by atoms with van der Waals surface area (Å²) >= 11 is 0. The standard InChI is InChI=1S/C13H24O2/c1-4-12-10(2)7-9-13(15-12)8-5-6-11(3)14-13/h10-12H,4-9H2,1-3H3/t10-,11+,12+,13-/m0/s1. The predicted molar refractivity (Wildman–Crippen MR) is 60.7 cm³/mol. The summed E-state index contributed by atoms with van der Waals surface area (Å²) in [6.45, 7) is 6.68. The molecule has 0 N–H and O–H groups in total. The molecule has 0 radical (unpaired) electrons. The maximum atomic E-state index is 6.22. The van der Waals surface area contributed by atoms with E-state index in [1.807, 2.05) is 0 Å². The van der Waals surface area contributed by atoms with Crippen molar-refractivity contribution in [2.45, 2.75) is 77.3 Å². The predicted octanol–water partition coefficient (Wildman–Crippen LogP) is 3.50. The molecular formula is C13H24O2. The second-order valence-electron chi connectivity index (χ2n) is 5.31. The van der Waals surface area contributed by atoms with Crippen LogP contribution in [0.4, 0.5) is 0 Å². The third kappa shape index (κ3) is 2.36. The molecule has 1 spiro atoms. The highest BCUT2D eigenvalue weighted by molar-refractivity contribution is 4.85. The summed E-state index contributed by atoms with van der Waals surface area (Å²) in [7, 11) is 0. The highest BCUT2D eigenvalue weighted by Crippen LogP contribution is 2.41. The molecule has 2 heterocycles. The van der Waals surface area contributed by atoms with E-state index in [-0.39, 0.29) is 5.79 Å². The lowest BCUT2D eigenvalue weighted by Crippen LogP contribution is -2.49. The van der Waals surface area contributed by atoms with Crippen molar-refractivity contribution < 1.29 is 9.47 Å². The van der Waals surface area contributed by atoms with Crippen LogP contribution >= 0.6 is 0 Å². The van der Waals surface area contributed by atoms with Crippen molar-refractivity contribution >= 4 is 0 Å². The van der Waals surface area contributed by atoms with Crippen LogP contribution in [0.25, 0.3) is 0 Å². The van der Waals surface area contributed by atoms with Gasteiger partial charge in [0.05, 0.1) is 12.2 Å². The first-order valence-corrected chi connectivity index (χ1v) is 6.51. The molecule has 0 aromatic heterocycles. The fraction of sp³-hybridized carbons (Fsp3) is 1.00. The van der Waals surface area contributed by atoms with Gasteiger partial charge < -0.3 is 9.47 Å². The molecule has 0 saturated carbocycles. The first kappa shape index (κ1) is 11.4. The molecule has 4 atom stereocenters. The first-order chi connectivity index (χ1) is 7.15. The SMILES string of the molecule is CC[C@H]1O[C@@]2(CCC[C@@H](C)O2)CC[C@@H]1C. The fourth-order valence-electron chi connectivity index (χ4n) is 2.98. The average molecular weight is 212 g/mol. The Bertz CT molecular complexity index is 217. The van der Waals surface area contributed by atoms with E-state index in [2.05, 4.69) is 20.8 Å². The molecule has 2 heteroatoms. The minimum atomic E-state index is -0.217. The van der Waals surface area contributed by atoms with Crippen LogP contribution in [-0.4, -0.2) is 18.0 Å². The molecule has 2 aliphatic heterocycles. The zero-order valence-electron chi connectivity index (χ0n) is 10.3. The second-order valence-corrected chi connectivity index (χ2v) is 5.31. The lowest BCUT2D eigenvalue weighted by Gasteiger charge is -2.47. The molecule has 2 rings (SSSR count). The van der Waals surface area contributed by atoms with Crippen LogP contribution in [0.5, 0.6) is 0 Å². The molecule has 0 aromatic carbocycles. The second kappa shape index (κ2) is 4.42. The van der Waals surface area contributed by atoms with Gasteiger partial charge in [-0.3, -0.25) is 0 Å². The van der Waals surface area contributed by atoms with E-state index in [1.54, 1.807) is 0 Å². The molecular weight excluding hydrogens is 188 g/mol. The minimum Gasteiger partial charge on any atom is -0.347 e. The van der Waals surface area contributed by atoms with Crippen LogP contribution in [0, 0.1) is 5.92 Å². The van der Waals surface area contributed by atoms with Crippen molar-refractivity contribution in [3.05, 3.63) is 0 Å². The lowest BCUT2D eigenvalue weighted by atomic mass is 9.87. The Labute approximate surface area is 93.3 Å². The Balaban J connectivity index is 2.02. The molecule has 0 bridgehead atoms. The number of hydrogen-bond acceptors (Lipinski definition) is 2. The number of hydrogen-bond donors (Lipinski definition) is 0. The van der Waals surface area contributed by atoms with Crippen molar-refractivity contribution in [3.8, 4) is 0 Å². The van der Waals surface area contributed by atoms with Gasteiger partial charge in [-0.2, -0.15) is 0 Å². The van der Waals surface area contributed by atoms with Gasteiger partial charge in [0.15, 0.2) is 5.79 Å². The van der Waals surface area contributed by atoms with E-state index in [9.17, 15) is 0 Å². The van der Waals surface area contributed by atoms with Crippen LogP contribution in [-0.2, 0) is 9.47 Å². The molecule has 0 amide bonds. The van der Waals surface area contributed by atoms with E-state index >= 15 is 0 Å². The van der Waals surface area contributed by atoms with Gasteiger partial charge in [0.25, 0.3) is 0 Å². The minimum absolute atomic E-state index is 0.217. The fourth-order valence-corrected chi connectivity index (χ4v) is 2.98. The molecule has 0 unspecified atom stereocenters. The normalized spacial score (nSPS) is 47.0. The van der Waals surface area contributed by atoms with E-state index in [4.69, 9.17) is 9.47 Å². The topological polar surface area (TPSA) is 18.5 Å². The highest BCUT2D eigenvalue weighted by Gasteiger charge is 2.43. The van der Waals surface area contributed by atoms with E-state index in [0.717, 1.165) is 19.3 Å². The third-order valence-corrected chi connectivity index (χ3v) is 3.97. The zero-order chi connectivity index (χ0) is 10.9. The van der Waals surface area contributed by atoms with Crippen molar-refractivity contribution in [2.24, 2.45) is 5.92 Å². The molecule has 88 valence electrons. The zero-order valence-corrected chi connectivity index (χ0v) is 10.3. The summed E-state index contributed by atoms with van der Waals surface area (Å²) in [4.78, 5) is 0. The molecule has 2 saturated heterocycles. The van der Waals surface area contributed by atoms with Crippen molar-refractivity contribution in [1.29, 1.82) is 0 Å². The van der Waals surface area contributed by atoms with Gasteiger partial charge in [0.2, 0.25) is 0 Å².